The minimum atomic E-state index is 0.978. The molecule has 1 aliphatic rings. The van der Waals surface area contributed by atoms with Gasteiger partial charge in [0.2, 0.25) is 0 Å². The Morgan fingerprint density at radius 3 is 2.79 bits per heavy atom. The summed E-state index contributed by atoms with van der Waals surface area (Å²) in [5, 5.41) is 0. The van der Waals surface area contributed by atoms with Crippen LogP contribution in [0.3, 0.4) is 0 Å². The molecular formula is C14H18. The van der Waals surface area contributed by atoms with Crippen molar-refractivity contribution in [1.29, 1.82) is 0 Å². The Morgan fingerprint density at radius 1 is 1.29 bits per heavy atom. The molecule has 0 saturated heterocycles. The molecule has 2 rings (SSSR count). The largest absolute Gasteiger partial charge is 0.0842 e. The number of allylic oxidation sites excluding steroid dienone is 1. The van der Waals surface area contributed by atoms with Crippen LogP contribution in [0.2, 0.25) is 0 Å². The molecule has 0 heterocycles. The highest BCUT2D eigenvalue weighted by Crippen LogP contribution is 2.33. The number of hydrogen-bond donors (Lipinski definition) is 0. The summed E-state index contributed by atoms with van der Waals surface area (Å²) in [6.07, 6.45) is 9.78. The first kappa shape index (κ1) is 9.51. The molecule has 1 aromatic carbocycles. The van der Waals surface area contributed by atoms with Gasteiger partial charge in [-0.1, -0.05) is 43.3 Å². The number of hydrogen-bond acceptors (Lipinski definition) is 0. The minimum Gasteiger partial charge on any atom is -0.0842 e. The van der Waals surface area contributed by atoms with Crippen molar-refractivity contribution in [2.75, 3.05) is 0 Å². The average molecular weight is 186 g/mol. The Hall–Kier alpha value is -1.04. The Bertz CT molecular complexity index is 319. The molecule has 0 bridgehead atoms. The third-order valence-electron chi connectivity index (χ3n) is 2.79. The first-order valence-electron chi connectivity index (χ1n) is 5.64. The Labute approximate surface area is 86.7 Å². The fraction of sp³-hybridized carbons (Fsp3) is 0.429. The van der Waals surface area contributed by atoms with Crippen LogP contribution in [-0.2, 0) is 6.42 Å². The van der Waals surface area contributed by atoms with E-state index in [9.17, 15) is 0 Å². The molecule has 1 fully saturated rings. The van der Waals surface area contributed by atoms with E-state index in [1.165, 1.54) is 30.4 Å². The Morgan fingerprint density at radius 2 is 2.07 bits per heavy atom. The SMILES string of the molecule is CCC=Cc1ccccc1CC1CC1. The van der Waals surface area contributed by atoms with Crippen molar-refractivity contribution in [2.45, 2.75) is 32.6 Å². The molecule has 74 valence electrons. The van der Waals surface area contributed by atoms with Gasteiger partial charge in [-0.3, -0.25) is 0 Å². The molecule has 0 aliphatic heterocycles. The standard InChI is InChI=1S/C14H18/c1-2-3-6-13-7-4-5-8-14(13)11-12-9-10-12/h3-8,12H,2,9-11H2,1H3. The Balaban J connectivity index is 2.14. The van der Waals surface area contributed by atoms with Crippen molar-refractivity contribution in [1.82, 2.24) is 0 Å². The van der Waals surface area contributed by atoms with Crippen LogP contribution < -0.4 is 0 Å². The van der Waals surface area contributed by atoms with Gasteiger partial charge >= 0.3 is 0 Å². The highest BCUT2D eigenvalue weighted by molar-refractivity contribution is 5.53. The maximum atomic E-state index is 2.27. The van der Waals surface area contributed by atoms with E-state index >= 15 is 0 Å². The summed E-state index contributed by atoms with van der Waals surface area (Å²) in [6.45, 7) is 2.18. The fourth-order valence-electron chi connectivity index (χ4n) is 1.76. The first-order valence-corrected chi connectivity index (χ1v) is 5.64. The minimum absolute atomic E-state index is 0.978. The van der Waals surface area contributed by atoms with Crippen LogP contribution >= 0.6 is 0 Å². The van der Waals surface area contributed by atoms with Crippen molar-refractivity contribution in [3.8, 4) is 0 Å². The van der Waals surface area contributed by atoms with E-state index in [2.05, 4.69) is 43.3 Å². The zero-order chi connectivity index (χ0) is 9.80. The molecule has 0 nitrogen and oxygen atoms in total. The van der Waals surface area contributed by atoms with Crippen molar-refractivity contribution in [2.24, 2.45) is 5.92 Å². The van der Waals surface area contributed by atoms with Gasteiger partial charge in [-0.05, 0) is 42.7 Å². The van der Waals surface area contributed by atoms with Gasteiger partial charge in [0, 0.05) is 0 Å². The predicted octanol–water partition coefficient (Wildman–Crippen LogP) is 4.06. The lowest BCUT2D eigenvalue weighted by molar-refractivity contribution is 0.831. The van der Waals surface area contributed by atoms with Crippen molar-refractivity contribution >= 4 is 6.08 Å². The zero-order valence-electron chi connectivity index (χ0n) is 8.87. The van der Waals surface area contributed by atoms with E-state index in [0.29, 0.717) is 0 Å². The molecule has 0 N–H and O–H groups in total. The molecule has 0 unspecified atom stereocenters. The fourth-order valence-corrected chi connectivity index (χ4v) is 1.76. The summed E-state index contributed by atoms with van der Waals surface area (Å²) >= 11 is 0. The van der Waals surface area contributed by atoms with Gasteiger partial charge in [-0.25, -0.2) is 0 Å². The number of benzene rings is 1. The maximum absolute atomic E-state index is 2.27. The van der Waals surface area contributed by atoms with Gasteiger partial charge in [0.15, 0.2) is 0 Å². The third kappa shape index (κ3) is 2.47. The molecule has 0 heteroatoms. The van der Waals surface area contributed by atoms with E-state index in [4.69, 9.17) is 0 Å². The monoisotopic (exact) mass is 186 g/mol. The van der Waals surface area contributed by atoms with E-state index < -0.39 is 0 Å². The zero-order valence-corrected chi connectivity index (χ0v) is 8.87. The van der Waals surface area contributed by atoms with E-state index in [-0.39, 0.29) is 0 Å². The lowest BCUT2D eigenvalue weighted by atomic mass is 10.0. The smallest absolute Gasteiger partial charge is 0.0228 e. The number of rotatable bonds is 4. The molecule has 0 atom stereocenters. The highest BCUT2D eigenvalue weighted by Gasteiger charge is 2.21. The van der Waals surface area contributed by atoms with Crippen molar-refractivity contribution < 1.29 is 0 Å². The molecule has 0 spiro atoms. The topological polar surface area (TPSA) is 0 Å². The summed E-state index contributed by atoms with van der Waals surface area (Å²) in [7, 11) is 0. The quantitative estimate of drug-likeness (QED) is 0.665. The summed E-state index contributed by atoms with van der Waals surface area (Å²) < 4.78 is 0. The third-order valence-corrected chi connectivity index (χ3v) is 2.79. The van der Waals surface area contributed by atoms with Crippen molar-refractivity contribution in [3.63, 3.8) is 0 Å². The molecule has 0 aromatic heterocycles. The molecule has 14 heavy (non-hydrogen) atoms. The first-order chi connectivity index (χ1) is 6.90. The molecule has 1 aliphatic carbocycles. The average Bonchev–Trinajstić information content (AvgIpc) is 3.01. The van der Waals surface area contributed by atoms with Crippen LogP contribution in [0.4, 0.5) is 0 Å². The van der Waals surface area contributed by atoms with Crippen LogP contribution in [0.5, 0.6) is 0 Å². The van der Waals surface area contributed by atoms with Gasteiger partial charge < -0.3 is 0 Å². The second-order valence-electron chi connectivity index (χ2n) is 4.16. The van der Waals surface area contributed by atoms with Crippen LogP contribution in [0, 0.1) is 5.92 Å². The van der Waals surface area contributed by atoms with E-state index in [1.54, 1.807) is 0 Å². The molecular weight excluding hydrogens is 168 g/mol. The second kappa shape index (κ2) is 4.45. The summed E-state index contributed by atoms with van der Waals surface area (Å²) in [5.74, 6) is 0.978. The van der Waals surface area contributed by atoms with Gasteiger partial charge in [-0.2, -0.15) is 0 Å². The van der Waals surface area contributed by atoms with Gasteiger partial charge in [0.1, 0.15) is 0 Å². The second-order valence-corrected chi connectivity index (χ2v) is 4.16. The van der Waals surface area contributed by atoms with Gasteiger partial charge in [0.05, 0.1) is 0 Å². The van der Waals surface area contributed by atoms with Crippen LogP contribution in [-0.4, -0.2) is 0 Å². The molecule has 0 radical (unpaired) electrons. The lowest BCUT2D eigenvalue weighted by Crippen LogP contribution is -1.90. The predicted molar refractivity (Wildman–Crippen MR) is 62.2 cm³/mol. The summed E-state index contributed by atoms with van der Waals surface area (Å²) in [5.41, 5.74) is 2.95. The maximum Gasteiger partial charge on any atom is -0.0228 e. The summed E-state index contributed by atoms with van der Waals surface area (Å²) in [4.78, 5) is 0. The van der Waals surface area contributed by atoms with Crippen LogP contribution in [0.15, 0.2) is 30.3 Å². The molecule has 1 aromatic rings. The van der Waals surface area contributed by atoms with Gasteiger partial charge in [-0.15, -0.1) is 0 Å². The molecule has 0 amide bonds. The van der Waals surface area contributed by atoms with Gasteiger partial charge in [0.25, 0.3) is 0 Å². The lowest BCUT2D eigenvalue weighted by Gasteiger charge is -2.04. The molecule has 1 saturated carbocycles. The normalized spacial score (nSPS) is 16.4. The Kier molecular flexibility index (Phi) is 3.03. The van der Waals surface area contributed by atoms with Crippen LogP contribution in [0.1, 0.15) is 37.3 Å². The summed E-state index contributed by atoms with van der Waals surface area (Å²) in [6, 6.07) is 8.78. The van der Waals surface area contributed by atoms with E-state index in [1.807, 2.05) is 0 Å². The highest BCUT2D eigenvalue weighted by atomic mass is 14.3. The van der Waals surface area contributed by atoms with E-state index in [0.717, 1.165) is 12.3 Å². The van der Waals surface area contributed by atoms with Crippen molar-refractivity contribution in [3.05, 3.63) is 41.5 Å². The van der Waals surface area contributed by atoms with Crippen LogP contribution in [0.25, 0.3) is 6.08 Å².